The van der Waals surface area contributed by atoms with E-state index in [4.69, 9.17) is 27.9 Å². The highest BCUT2D eigenvalue weighted by atomic mass is 35.5. The second-order valence-corrected chi connectivity index (χ2v) is 3.55. The van der Waals surface area contributed by atoms with Gasteiger partial charge in [0.25, 0.3) is 0 Å². The number of halogens is 2. The van der Waals surface area contributed by atoms with Crippen molar-refractivity contribution in [2.24, 2.45) is 0 Å². The zero-order valence-electron chi connectivity index (χ0n) is 7.52. The highest BCUT2D eigenvalue weighted by Crippen LogP contribution is 2.25. The molecule has 1 nitrogen and oxygen atoms in total. The van der Waals surface area contributed by atoms with Crippen molar-refractivity contribution in [1.29, 1.82) is 0 Å². The van der Waals surface area contributed by atoms with Crippen LogP contribution in [0.2, 0.25) is 10.0 Å². The molecule has 0 aliphatic heterocycles. The van der Waals surface area contributed by atoms with E-state index in [0.29, 0.717) is 16.7 Å². The standard InChI is InChI=1S/C10H12Cl2O/c1-2-6-13-7-8-4-3-5-9(11)10(8)12/h3-5H,2,6-7H2,1H3. The van der Waals surface area contributed by atoms with Crippen LogP contribution in [0.15, 0.2) is 18.2 Å². The first-order chi connectivity index (χ1) is 6.25. The maximum Gasteiger partial charge on any atom is 0.0731 e. The summed E-state index contributed by atoms with van der Waals surface area (Å²) in [7, 11) is 0. The predicted octanol–water partition coefficient (Wildman–Crippen LogP) is 3.92. The van der Waals surface area contributed by atoms with Gasteiger partial charge in [-0.25, -0.2) is 0 Å². The highest BCUT2D eigenvalue weighted by molar-refractivity contribution is 6.42. The lowest BCUT2D eigenvalue weighted by atomic mass is 10.2. The second-order valence-electron chi connectivity index (χ2n) is 2.77. The Morgan fingerprint density at radius 3 is 2.77 bits per heavy atom. The molecule has 0 bridgehead atoms. The Labute approximate surface area is 88.6 Å². The van der Waals surface area contributed by atoms with E-state index in [-0.39, 0.29) is 0 Å². The molecule has 13 heavy (non-hydrogen) atoms. The fourth-order valence-electron chi connectivity index (χ4n) is 0.986. The molecule has 3 heteroatoms. The zero-order chi connectivity index (χ0) is 9.68. The molecule has 72 valence electrons. The van der Waals surface area contributed by atoms with E-state index in [1.165, 1.54) is 0 Å². The van der Waals surface area contributed by atoms with Crippen molar-refractivity contribution in [2.75, 3.05) is 6.61 Å². The van der Waals surface area contributed by atoms with Gasteiger partial charge in [-0.3, -0.25) is 0 Å². The van der Waals surface area contributed by atoms with Crippen molar-refractivity contribution in [3.8, 4) is 0 Å². The third-order valence-electron chi connectivity index (χ3n) is 1.64. The summed E-state index contributed by atoms with van der Waals surface area (Å²) in [5, 5.41) is 1.18. The zero-order valence-corrected chi connectivity index (χ0v) is 9.03. The Kier molecular flexibility index (Phi) is 4.57. The van der Waals surface area contributed by atoms with Crippen molar-refractivity contribution in [1.82, 2.24) is 0 Å². The summed E-state index contributed by atoms with van der Waals surface area (Å²) >= 11 is 11.8. The Morgan fingerprint density at radius 2 is 2.08 bits per heavy atom. The van der Waals surface area contributed by atoms with Gasteiger partial charge in [0.15, 0.2) is 0 Å². The fraction of sp³-hybridized carbons (Fsp3) is 0.400. The summed E-state index contributed by atoms with van der Waals surface area (Å²) in [6.45, 7) is 3.36. The van der Waals surface area contributed by atoms with E-state index in [1.807, 2.05) is 12.1 Å². The van der Waals surface area contributed by atoms with Gasteiger partial charge in [-0.05, 0) is 18.1 Å². The van der Waals surface area contributed by atoms with E-state index in [0.717, 1.165) is 18.6 Å². The van der Waals surface area contributed by atoms with Gasteiger partial charge < -0.3 is 4.74 Å². The molecule has 0 heterocycles. The molecule has 0 radical (unpaired) electrons. The summed E-state index contributed by atoms with van der Waals surface area (Å²) < 4.78 is 5.36. The van der Waals surface area contributed by atoms with E-state index < -0.39 is 0 Å². The van der Waals surface area contributed by atoms with Crippen molar-refractivity contribution in [3.05, 3.63) is 33.8 Å². The van der Waals surface area contributed by atoms with Crippen LogP contribution in [0.4, 0.5) is 0 Å². The van der Waals surface area contributed by atoms with Gasteiger partial charge in [0.2, 0.25) is 0 Å². The lowest BCUT2D eigenvalue weighted by Crippen LogP contribution is -1.94. The van der Waals surface area contributed by atoms with Crippen LogP contribution in [0.3, 0.4) is 0 Å². The third kappa shape index (κ3) is 3.18. The van der Waals surface area contributed by atoms with Crippen LogP contribution in [0.1, 0.15) is 18.9 Å². The van der Waals surface area contributed by atoms with Crippen LogP contribution < -0.4 is 0 Å². The minimum absolute atomic E-state index is 0.535. The highest BCUT2D eigenvalue weighted by Gasteiger charge is 2.03. The first kappa shape index (κ1) is 10.8. The average molecular weight is 219 g/mol. The molecule has 1 aromatic rings. The molecule has 0 atom stereocenters. The summed E-state index contributed by atoms with van der Waals surface area (Å²) in [6.07, 6.45) is 1.01. The lowest BCUT2D eigenvalue weighted by Gasteiger charge is -2.05. The van der Waals surface area contributed by atoms with Crippen LogP contribution in [0, 0.1) is 0 Å². The molecule has 1 aromatic carbocycles. The van der Waals surface area contributed by atoms with E-state index in [1.54, 1.807) is 6.07 Å². The largest absolute Gasteiger partial charge is 0.377 e. The molecule has 0 amide bonds. The van der Waals surface area contributed by atoms with Crippen LogP contribution in [0.25, 0.3) is 0 Å². The maximum atomic E-state index is 5.96. The maximum absolute atomic E-state index is 5.96. The monoisotopic (exact) mass is 218 g/mol. The first-order valence-corrected chi connectivity index (χ1v) is 5.02. The van der Waals surface area contributed by atoms with Gasteiger partial charge in [0, 0.05) is 6.61 Å². The van der Waals surface area contributed by atoms with Crippen LogP contribution in [-0.2, 0) is 11.3 Å². The molecule has 0 unspecified atom stereocenters. The molecule has 1 rings (SSSR count). The van der Waals surface area contributed by atoms with Crippen LogP contribution in [-0.4, -0.2) is 6.61 Å². The number of benzene rings is 1. The smallest absolute Gasteiger partial charge is 0.0731 e. The number of hydrogen-bond acceptors (Lipinski definition) is 1. The molecule has 0 aliphatic carbocycles. The fourth-order valence-corrected chi connectivity index (χ4v) is 1.36. The van der Waals surface area contributed by atoms with Crippen molar-refractivity contribution < 1.29 is 4.74 Å². The average Bonchev–Trinajstić information content (AvgIpc) is 2.13. The quantitative estimate of drug-likeness (QED) is 0.697. The van der Waals surface area contributed by atoms with Crippen molar-refractivity contribution in [2.45, 2.75) is 20.0 Å². The van der Waals surface area contributed by atoms with Gasteiger partial charge in [0.05, 0.1) is 16.7 Å². The second kappa shape index (κ2) is 5.48. The van der Waals surface area contributed by atoms with Gasteiger partial charge in [-0.15, -0.1) is 0 Å². The van der Waals surface area contributed by atoms with Crippen molar-refractivity contribution >= 4 is 23.2 Å². The van der Waals surface area contributed by atoms with E-state index >= 15 is 0 Å². The lowest BCUT2D eigenvalue weighted by molar-refractivity contribution is 0.121. The van der Waals surface area contributed by atoms with Gasteiger partial charge in [0.1, 0.15) is 0 Å². The normalized spacial score (nSPS) is 10.4. The Bertz CT molecular complexity index is 274. The molecular formula is C10H12Cl2O. The first-order valence-electron chi connectivity index (χ1n) is 4.26. The number of rotatable bonds is 4. The van der Waals surface area contributed by atoms with Gasteiger partial charge in [-0.2, -0.15) is 0 Å². The van der Waals surface area contributed by atoms with Gasteiger partial charge >= 0.3 is 0 Å². The summed E-state index contributed by atoms with van der Waals surface area (Å²) in [5.41, 5.74) is 0.947. The van der Waals surface area contributed by atoms with Crippen molar-refractivity contribution in [3.63, 3.8) is 0 Å². The van der Waals surface area contributed by atoms with Gasteiger partial charge in [-0.1, -0.05) is 42.3 Å². The number of hydrogen-bond donors (Lipinski definition) is 0. The Balaban J connectivity index is 2.61. The third-order valence-corrected chi connectivity index (χ3v) is 2.50. The molecule has 0 N–H and O–H groups in total. The Hall–Kier alpha value is -0.240. The molecule has 0 fully saturated rings. The predicted molar refractivity (Wildman–Crippen MR) is 56.4 cm³/mol. The molecule has 0 aliphatic rings. The van der Waals surface area contributed by atoms with E-state index in [2.05, 4.69) is 6.92 Å². The topological polar surface area (TPSA) is 9.23 Å². The molecular weight excluding hydrogens is 207 g/mol. The summed E-state index contributed by atoms with van der Waals surface area (Å²) in [5.74, 6) is 0. The minimum Gasteiger partial charge on any atom is -0.377 e. The molecule has 0 spiro atoms. The SMILES string of the molecule is CCCOCc1cccc(Cl)c1Cl. The number of ether oxygens (including phenoxy) is 1. The van der Waals surface area contributed by atoms with E-state index in [9.17, 15) is 0 Å². The Morgan fingerprint density at radius 1 is 1.31 bits per heavy atom. The molecule has 0 saturated carbocycles. The van der Waals surface area contributed by atoms with Crippen LogP contribution in [0.5, 0.6) is 0 Å². The minimum atomic E-state index is 0.535. The molecule has 0 aromatic heterocycles. The summed E-state index contributed by atoms with van der Waals surface area (Å²) in [6, 6.07) is 5.57. The summed E-state index contributed by atoms with van der Waals surface area (Å²) in [4.78, 5) is 0. The van der Waals surface area contributed by atoms with Crippen LogP contribution >= 0.6 is 23.2 Å². The molecule has 0 saturated heterocycles.